The summed E-state index contributed by atoms with van der Waals surface area (Å²) in [6.45, 7) is 8.05. The van der Waals surface area contributed by atoms with Crippen LogP contribution in [0, 0.1) is 6.92 Å². The molecule has 0 radical (unpaired) electrons. The maximum Gasteiger partial charge on any atom is 0.410 e. The maximum atomic E-state index is 12.5. The topological polar surface area (TPSA) is 79.7 Å². The zero-order valence-corrected chi connectivity index (χ0v) is 14.6. The van der Waals surface area contributed by atoms with Gasteiger partial charge in [0.25, 0.3) is 5.56 Å². The molecule has 0 saturated carbocycles. The van der Waals surface area contributed by atoms with Crippen LogP contribution in [-0.4, -0.2) is 37.7 Å². The van der Waals surface area contributed by atoms with Gasteiger partial charge in [0.15, 0.2) is 0 Å². The van der Waals surface area contributed by atoms with Crippen LogP contribution in [0.1, 0.15) is 57.5 Å². The van der Waals surface area contributed by atoms with E-state index < -0.39 is 5.60 Å². The second-order valence-electron chi connectivity index (χ2n) is 7.34. The molecule has 0 aromatic carbocycles. The minimum Gasteiger partial charge on any atom is -0.444 e. The standard InChI is InChI=1S/C17H24N4O3/c1-11-9-15(22)21-14(18-11)10-12(19-21)13-7-5-6-8-20(13)16(23)24-17(2,3)4/h9-10,13,18H,5-8H2,1-4H3/t13-/m0/s1. The zero-order chi connectivity index (χ0) is 17.5. The lowest BCUT2D eigenvalue weighted by atomic mass is 10.00. The normalized spacial score (nSPS) is 18.8. The summed E-state index contributed by atoms with van der Waals surface area (Å²) in [6.07, 6.45) is 2.45. The van der Waals surface area contributed by atoms with Crippen LogP contribution in [0.2, 0.25) is 0 Å². The van der Waals surface area contributed by atoms with Gasteiger partial charge in [-0.05, 0) is 47.0 Å². The quantitative estimate of drug-likeness (QED) is 0.871. The molecule has 1 aliphatic heterocycles. The highest BCUT2D eigenvalue weighted by Gasteiger charge is 2.33. The first-order valence-corrected chi connectivity index (χ1v) is 8.34. The molecule has 0 spiro atoms. The highest BCUT2D eigenvalue weighted by molar-refractivity contribution is 5.69. The number of nitrogens with zero attached hydrogens (tertiary/aromatic N) is 3. The summed E-state index contributed by atoms with van der Waals surface area (Å²) in [5, 5.41) is 4.43. The van der Waals surface area contributed by atoms with Gasteiger partial charge in [-0.25, -0.2) is 4.79 Å². The van der Waals surface area contributed by atoms with E-state index >= 15 is 0 Å². The van der Waals surface area contributed by atoms with E-state index in [4.69, 9.17) is 4.74 Å². The Morgan fingerprint density at radius 1 is 1.33 bits per heavy atom. The molecule has 130 valence electrons. The number of aromatic nitrogens is 3. The molecule has 3 heterocycles. The summed E-state index contributed by atoms with van der Waals surface area (Å²) in [7, 11) is 0. The summed E-state index contributed by atoms with van der Waals surface area (Å²) in [5.74, 6) is 0. The number of carbonyl (C=O) groups is 1. The Bertz CT molecular complexity index is 815. The monoisotopic (exact) mass is 332 g/mol. The van der Waals surface area contributed by atoms with Gasteiger partial charge < -0.3 is 9.72 Å². The molecule has 2 aromatic rings. The number of carbonyl (C=O) groups excluding carboxylic acids is 1. The van der Waals surface area contributed by atoms with Crippen molar-refractivity contribution < 1.29 is 9.53 Å². The first-order chi connectivity index (χ1) is 11.2. The van der Waals surface area contributed by atoms with Gasteiger partial charge in [-0.3, -0.25) is 9.69 Å². The van der Waals surface area contributed by atoms with Crippen molar-refractivity contribution in [3.63, 3.8) is 0 Å². The molecule has 2 aromatic heterocycles. The molecule has 24 heavy (non-hydrogen) atoms. The number of hydrogen-bond donors (Lipinski definition) is 1. The van der Waals surface area contributed by atoms with Crippen LogP contribution in [0.25, 0.3) is 5.65 Å². The van der Waals surface area contributed by atoms with Crippen molar-refractivity contribution in [1.29, 1.82) is 0 Å². The van der Waals surface area contributed by atoms with Gasteiger partial charge >= 0.3 is 6.09 Å². The first-order valence-electron chi connectivity index (χ1n) is 8.34. The molecule has 7 nitrogen and oxygen atoms in total. The smallest absolute Gasteiger partial charge is 0.410 e. The SMILES string of the molecule is Cc1cc(=O)n2nc([C@@H]3CCCCN3C(=O)OC(C)(C)C)cc2[nH]1. The molecule has 3 rings (SSSR count). The number of rotatable bonds is 1. The van der Waals surface area contributed by atoms with Crippen LogP contribution in [-0.2, 0) is 4.74 Å². The van der Waals surface area contributed by atoms with E-state index in [1.807, 2.05) is 33.8 Å². The Morgan fingerprint density at radius 2 is 2.08 bits per heavy atom. The van der Waals surface area contributed by atoms with Gasteiger partial charge in [0.1, 0.15) is 11.2 Å². The van der Waals surface area contributed by atoms with Gasteiger partial charge in [-0.2, -0.15) is 9.61 Å². The van der Waals surface area contributed by atoms with Crippen molar-refractivity contribution in [2.45, 2.75) is 58.6 Å². The predicted octanol–water partition coefficient (Wildman–Crippen LogP) is 2.79. The molecular weight excluding hydrogens is 308 g/mol. The van der Waals surface area contributed by atoms with Gasteiger partial charge in [0.2, 0.25) is 0 Å². The fourth-order valence-electron chi connectivity index (χ4n) is 3.08. The highest BCUT2D eigenvalue weighted by Crippen LogP contribution is 2.31. The second-order valence-corrected chi connectivity index (χ2v) is 7.34. The Labute approximate surface area is 140 Å². The summed E-state index contributed by atoms with van der Waals surface area (Å²) < 4.78 is 6.88. The van der Waals surface area contributed by atoms with Crippen molar-refractivity contribution in [3.05, 3.63) is 33.9 Å². The molecule has 1 N–H and O–H groups in total. The molecule has 1 fully saturated rings. The number of ether oxygens (including phenoxy) is 1. The van der Waals surface area contributed by atoms with Crippen LogP contribution >= 0.6 is 0 Å². The predicted molar refractivity (Wildman–Crippen MR) is 90.1 cm³/mol. The molecule has 0 aliphatic carbocycles. The molecular formula is C17H24N4O3. The number of H-pyrrole nitrogens is 1. The van der Waals surface area contributed by atoms with Gasteiger partial charge in [-0.1, -0.05) is 0 Å². The molecule has 7 heteroatoms. The minimum atomic E-state index is -0.537. The van der Waals surface area contributed by atoms with Crippen molar-refractivity contribution in [1.82, 2.24) is 19.5 Å². The van der Waals surface area contributed by atoms with Gasteiger partial charge in [-0.15, -0.1) is 0 Å². The number of aryl methyl sites for hydroxylation is 1. The van der Waals surface area contributed by atoms with Crippen LogP contribution in [0.5, 0.6) is 0 Å². The van der Waals surface area contributed by atoms with Crippen LogP contribution in [0.4, 0.5) is 4.79 Å². The van der Waals surface area contributed by atoms with E-state index in [9.17, 15) is 9.59 Å². The summed E-state index contributed by atoms with van der Waals surface area (Å²) in [4.78, 5) is 29.5. The van der Waals surface area contributed by atoms with E-state index in [2.05, 4.69) is 10.1 Å². The summed E-state index contributed by atoms with van der Waals surface area (Å²) in [5.41, 5.74) is 1.44. The third-order valence-corrected chi connectivity index (χ3v) is 4.07. The Morgan fingerprint density at radius 3 is 2.79 bits per heavy atom. The fraction of sp³-hybridized carbons (Fsp3) is 0.588. The van der Waals surface area contributed by atoms with Crippen LogP contribution in [0.3, 0.4) is 0 Å². The highest BCUT2D eigenvalue weighted by atomic mass is 16.6. The lowest BCUT2D eigenvalue weighted by molar-refractivity contribution is 0.00897. The number of aromatic amines is 1. The van der Waals surface area contributed by atoms with Gasteiger partial charge in [0, 0.05) is 24.4 Å². The molecule has 1 atom stereocenters. The number of fused-ring (bicyclic) bond motifs is 1. The molecule has 1 aliphatic rings. The zero-order valence-electron chi connectivity index (χ0n) is 14.6. The molecule has 1 saturated heterocycles. The summed E-state index contributed by atoms with van der Waals surface area (Å²) >= 11 is 0. The third kappa shape index (κ3) is 3.29. The lowest BCUT2D eigenvalue weighted by Crippen LogP contribution is -2.42. The van der Waals surface area contributed by atoms with Crippen molar-refractivity contribution in [2.75, 3.05) is 6.54 Å². The third-order valence-electron chi connectivity index (χ3n) is 4.07. The Balaban J connectivity index is 1.95. The molecule has 0 bridgehead atoms. The number of hydrogen-bond acceptors (Lipinski definition) is 4. The van der Waals surface area contributed by atoms with E-state index in [1.165, 1.54) is 10.6 Å². The second kappa shape index (κ2) is 5.96. The number of amides is 1. The van der Waals surface area contributed by atoms with E-state index in [1.54, 1.807) is 4.90 Å². The van der Waals surface area contributed by atoms with E-state index in [0.717, 1.165) is 30.7 Å². The van der Waals surface area contributed by atoms with Crippen molar-refractivity contribution >= 4 is 11.7 Å². The van der Waals surface area contributed by atoms with E-state index in [-0.39, 0.29) is 17.7 Å². The van der Waals surface area contributed by atoms with Crippen LogP contribution in [0.15, 0.2) is 16.9 Å². The Kier molecular flexibility index (Phi) is 4.11. The average Bonchev–Trinajstić information content (AvgIpc) is 2.89. The number of piperidine rings is 1. The number of likely N-dealkylation sites (tertiary alicyclic amines) is 1. The van der Waals surface area contributed by atoms with Crippen molar-refractivity contribution in [2.24, 2.45) is 0 Å². The van der Waals surface area contributed by atoms with Crippen LogP contribution < -0.4 is 5.56 Å². The van der Waals surface area contributed by atoms with E-state index in [0.29, 0.717) is 12.2 Å². The maximum absolute atomic E-state index is 12.5. The van der Waals surface area contributed by atoms with Crippen molar-refractivity contribution in [3.8, 4) is 0 Å². The summed E-state index contributed by atoms with van der Waals surface area (Å²) in [6, 6.07) is 3.19. The lowest BCUT2D eigenvalue weighted by Gasteiger charge is -2.35. The number of nitrogens with one attached hydrogen (secondary N) is 1. The average molecular weight is 332 g/mol. The molecule has 1 amide bonds. The fourth-order valence-corrected chi connectivity index (χ4v) is 3.08. The largest absolute Gasteiger partial charge is 0.444 e. The molecule has 0 unspecified atom stereocenters. The van der Waals surface area contributed by atoms with Gasteiger partial charge in [0.05, 0.1) is 11.7 Å². The first kappa shape index (κ1) is 16.5. The minimum absolute atomic E-state index is 0.165. The Hall–Kier alpha value is -2.31.